The van der Waals surface area contributed by atoms with Crippen molar-refractivity contribution in [2.45, 2.75) is 19.9 Å². The van der Waals surface area contributed by atoms with Gasteiger partial charge < -0.3 is 14.9 Å². The summed E-state index contributed by atoms with van der Waals surface area (Å²) < 4.78 is 1.82. The van der Waals surface area contributed by atoms with Crippen molar-refractivity contribution in [1.82, 2.24) is 20.2 Å². The van der Waals surface area contributed by atoms with Gasteiger partial charge >= 0.3 is 0 Å². The van der Waals surface area contributed by atoms with E-state index in [4.69, 9.17) is 0 Å². The minimum absolute atomic E-state index is 0.0359. The van der Waals surface area contributed by atoms with Crippen LogP contribution in [0.25, 0.3) is 33.0 Å². The van der Waals surface area contributed by atoms with E-state index in [2.05, 4.69) is 15.6 Å². The SMILES string of the molecule is CCNCCCn1cc(C2=C(c3c[nH]c4ccccc34)C(=O)NC2=O)c2cccc([N+](=O)[O-])c21. The summed E-state index contributed by atoms with van der Waals surface area (Å²) in [7, 11) is 0. The summed E-state index contributed by atoms with van der Waals surface area (Å²) >= 11 is 0. The fourth-order valence-corrected chi connectivity index (χ4v) is 4.66. The molecule has 2 aromatic carbocycles. The van der Waals surface area contributed by atoms with Crippen LogP contribution in [0.3, 0.4) is 0 Å². The highest BCUT2D eigenvalue weighted by Crippen LogP contribution is 2.40. The van der Waals surface area contributed by atoms with Gasteiger partial charge in [-0.05, 0) is 25.6 Å². The molecular formula is C25H23N5O4. The molecular weight excluding hydrogens is 434 g/mol. The number of nitro benzene ring substituents is 1. The molecule has 0 saturated carbocycles. The molecule has 0 spiro atoms. The molecule has 5 rings (SSSR count). The number of para-hydroxylation sites is 2. The molecule has 9 heteroatoms. The van der Waals surface area contributed by atoms with Gasteiger partial charge in [0.25, 0.3) is 17.5 Å². The van der Waals surface area contributed by atoms with Gasteiger partial charge in [-0.3, -0.25) is 25.0 Å². The highest BCUT2D eigenvalue weighted by molar-refractivity contribution is 6.50. The van der Waals surface area contributed by atoms with Crippen LogP contribution in [0.1, 0.15) is 24.5 Å². The third kappa shape index (κ3) is 3.46. The number of hydrogen-bond donors (Lipinski definition) is 3. The number of benzene rings is 2. The van der Waals surface area contributed by atoms with Crippen LogP contribution in [0.5, 0.6) is 0 Å². The Balaban J connectivity index is 1.75. The van der Waals surface area contributed by atoms with E-state index in [9.17, 15) is 19.7 Å². The van der Waals surface area contributed by atoms with Gasteiger partial charge in [0.05, 0.1) is 16.1 Å². The van der Waals surface area contributed by atoms with Crippen molar-refractivity contribution in [3.63, 3.8) is 0 Å². The molecule has 9 nitrogen and oxygen atoms in total. The summed E-state index contributed by atoms with van der Waals surface area (Å²) in [6.45, 7) is 4.14. The molecule has 1 aliphatic heterocycles. The van der Waals surface area contributed by atoms with Crippen LogP contribution in [-0.2, 0) is 16.1 Å². The summed E-state index contributed by atoms with van der Waals surface area (Å²) in [4.78, 5) is 40.5. The first kappa shape index (κ1) is 21.6. The fourth-order valence-electron chi connectivity index (χ4n) is 4.66. The number of fused-ring (bicyclic) bond motifs is 2. The lowest BCUT2D eigenvalue weighted by Gasteiger charge is -2.06. The Morgan fingerprint density at radius 3 is 2.50 bits per heavy atom. The van der Waals surface area contributed by atoms with Crippen LogP contribution in [0, 0.1) is 10.1 Å². The molecule has 4 aromatic rings. The summed E-state index contributed by atoms with van der Waals surface area (Å²) in [6.07, 6.45) is 4.23. The molecule has 2 aromatic heterocycles. The molecule has 0 fully saturated rings. The van der Waals surface area contributed by atoms with Gasteiger partial charge in [0, 0.05) is 52.4 Å². The van der Waals surface area contributed by atoms with Crippen molar-refractivity contribution in [3.8, 4) is 0 Å². The summed E-state index contributed by atoms with van der Waals surface area (Å²) in [5.41, 5.74) is 2.87. The molecule has 34 heavy (non-hydrogen) atoms. The van der Waals surface area contributed by atoms with E-state index in [0.717, 1.165) is 30.4 Å². The van der Waals surface area contributed by atoms with Gasteiger partial charge in [0.1, 0.15) is 5.52 Å². The number of hydrogen-bond acceptors (Lipinski definition) is 5. The van der Waals surface area contributed by atoms with Crippen LogP contribution in [0.2, 0.25) is 0 Å². The number of carbonyl (C=O) groups excluding carboxylic acids is 2. The maximum atomic E-state index is 13.0. The Morgan fingerprint density at radius 2 is 1.74 bits per heavy atom. The summed E-state index contributed by atoms with van der Waals surface area (Å²) in [5, 5.41) is 18.9. The van der Waals surface area contributed by atoms with Crippen LogP contribution in [-0.4, -0.2) is 39.4 Å². The quantitative estimate of drug-likeness (QED) is 0.162. The second-order valence-electron chi connectivity index (χ2n) is 8.15. The van der Waals surface area contributed by atoms with E-state index in [1.54, 1.807) is 24.5 Å². The first-order valence-electron chi connectivity index (χ1n) is 11.1. The first-order chi connectivity index (χ1) is 16.5. The maximum absolute atomic E-state index is 13.0. The third-order valence-electron chi connectivity index (χ3n) is 6.14. The van der Waals surface area contributed by atoms with Gasteiger partial charge in [-0.1, -0.05) is 37.3 Å². The van der Waals surface area contributed by atoms with Crippen molar-refractivity contribution < 1.29 is 14.5 Å². The largest absolute Gasteiger partial charge is 0.361 e. The first-order valence-corrected chi connectivity index (χ1v) is 11.1. The number of amides is 2. The molecule has 0 unspecified atom stereocenters. The normalized spacial score (nSPS) is 13.9. The van der Waals surface area contributed by atoms with Crippen molar-refractivity contribution >= 4 is 50.5 Å². The van der Waals surface area contributed by atoms with E-state index in [-0.39, 0.29) is 16.8 Å². The standard InChI is InChI=1S/C25H23N5O4/c1-2-26-11-6-12-29-14-18(16-8-5-10-20(23(16)29)30(33)34)22-21(24(31)28-25(22)32)17-13-27-19-9-4-3-7-15(17)19/h3-5,7-10,13-14,26-27H,2,6,11-12H2,1H3,(H,28,31,32). The van der Waals surface area contributed by atoms with E-state index < -0.39 is 16.7 Å². The Labute approximate surface area is 194 Å². The lowest BCUT2D eigenvalue weighted by Crippen LogP contribution is -2.22. The third-order valence-corrected chi connectivity index (χ3v) is 6.14. The Hall–Kier alpha value is -4.24. The molecule has 0 atom stereocenters. The molecule has 172 valence electrons. The highest BCUT2D eigenvalue weighted by Gasteiger charge is 2.35. The topological polar surface area (TPSA) is 122 Å². The number of aromatic nitrogens is 2. The number of nitrogens with one attached hydrogen (secondary N) is 3. The fraction of sp³-hybridized carbons (Fsp3) is 0.200. The zero-order chi connectivity index (χ0) is 23.8. The minimum Gasteiger partial charge on any atom is -0.361 e. The smallest absolute Gasteiger partial charge is 0.293 e. The van der Waals surface area contributed by atoms with E-state index in [1.165, 1.54) is 6.07 Å². The van der Waals surface area contributed by atoms with Crippen molar-refractivity contribution in [2.24, 2.45) is 0 Å². The van der Waals surface area contributed by atoms with E-state index in [0.29, 0.717) is 28.6 Å². The van der Waals surface area contributed by atoms with Gasteiger partial charge in [-0.15, -0.1) is 0 Å². The monoisotopic (exact) mass is 457 g/mol. The summed E-state index contributed by atoms with van der Waals surface area (Å²) in [6, 6.07) is 12.4. The number of non-ortho nitro benzene ring substituents is 1. The summed E-state index contributed by atoms with van der Waals surface area (Å²) in [5.74, 6) is -0.994. The number of carbonyl (C=O) groups is 2. The highest BCUT2D eigenvalue weighted by atomic mass is 16.6. The minimum atomic E-state index is -0.511. The molecule has 1 aliphatic rings. The second-order valence-corrected chi connectivity index (χ2v) is 8.15. The number of rotatable bonds is 8. The molecule has 0 aliphatic carbocycles. The van der Waals surface area contributed by atoms with Crippen LogP contribution < -0.4 is 10.6 Å². The van der Waals surface area contributed by atoms with Gasteiger partial charge in [0.2, 0.25) is 0 Å². The van der Waals surface area contributed by atoms with Gasteiger partial charge in [-0.25, -0.2) is 0 Å². The van der Waals surface area contributed by atoms with Crippen molar-refractivity contribution in [3.05, 3.63) is 76.1 Å². The molecule has 3 heterocycles. The number of aryl methyl sites for hydroxylation is 1. The van der Waals surface area contributed by atoms with Crippen LogP contribution >= 0.6 is 0 Å². The number of aromatic amines is 1. The lowest BCUT2D eigenvalue weighted by molar-refractivity contribution is -0.383. The average Bonchev–Trinajstić information content (AvgIpc) is 3.49. The van der Waals surface area contributed by atoms with E-state index >= 15 is 0 Å². The van der Waals surface area contributed by atoms with Crippen LogP contribution in [0.15, 0.2) is 54.9 Å². The number of imide groups is 1. The number of H-pyrrole nitrogens is 1. The lowest BCUT2D eigenvalue weighted by atomic mass is 9.95. The zero-order valence-electron chi connectivity index (χ0n) is 18.6. The molecule has 0 bridgehead atoms. The zero-order valence-corrected chi connectivity index (χ0v) is 18.6. The predicted octanol–water partition coefficient (Wildman–Crippen LogP) is 3.60. The Morgan fingerprint density at radius 1 is 1.00 bits per heavy atom. The van der Waals surface area contributed by atoms with Gasteiger partial charge in [-0.2, -0.15) is 0 Å². The number of nitrogens with zero attached hydrogens (tertiary/aromatic N) is 2. The van der Waals surface area contributed by atoms with Crippen molar-refractivity contribution in [1.29, 1.82) is 0 Å². The second kappa shape index (κ2) is 8.60. The molecule has 3 N–H and O–H groups in total. The Bertz CT molecular complexity index is 1490. The van der Waals surface area contributed by atoms with Crippen LogP contribution in [0.4, 0.5) is 5.69 Å². The predicted molar refractivity (Wildman–Crippen MR) is 130 cm³/mol. The van der Waals surface area contributed by atoms with Crippen molar-refractivity contribution in [2.75, 3.05) is 13.1 Å². The average molecular weight is 457 g/mol. The van der Waals surface area contributed by atoms with E-state index in [1.807, 2.05) is 35.8 Å². The molecule has 0 radical (unpaired) electrons. The molecule has 0 saturated heterocycles. The Kier molecular flexibility index (Phi) is 5.46. The van der Waals surface area contributed by atoms with Gasteiger partial charge in [0.15, 0.2) is 0 Å². The maximum Gasteiger partial charge on any atom is 0.293 e. The number of nitro groups is 1. The molecule has 2 amide bonds.